The fraction of sp³-hybridized carbons (Fsp3) is 0.500. The van der Waals surface area contributed by atoms with Crippen LogP contribution in [-0.4, -0.2) is 22.1 Å². The summed E-state index contributed by atoms with van der Waals surface area (Å²) in [6, 6.07) is 3.81. The average Bonchev–Trinajstić information content (AvgIpc) is 3.02. The normalized spacial score (nSPS) is 16.8. The van der Waals surface area contributed by atoms with Crippen molar-refractivity contribution in [3.8, 4) is 0 Å². The summed E-state index contributed by atoms with van der Waals surface area (Å²) in [5.74, 6) is -0.158. The summed E-state index contributed by atoms with van der Waals surface area (Å²) in [5, 5.41) is 12.2. The number of pyridine rings is 1. The van der Waals surface area contributed by atoms with Crippen molar-refractivity contribution < 1.29 is 9.90 Å². The van der Waals surface area contributed by atoms with Crippen LogP contribution in [0.1, 0.15) is 36.7 Å². The number of hydrogen-bond acceptors (Lipinski definition) is 3. The Morgan fingerprint density at radius 2 is 2.44 bits per heavy atom. The zero-order valence-electron chi connectivity index (χ0n) is 9.31. The number of nitrogens with zero attached hydrogens (tertiary/aromatic N) is 1. The first-order chi connectivity index (χ1) is 7.66. The van der Waals surface area contributed by atoms with Gasteiger partial charge in [0.15, 0.2) is 5.69 Å². The van der Waals surface area contributed by atoms with E-state index in [4.69, 9.17) is 5.11 Å². The standard InChI is InChI=1S/C12H16N2O2/c1-8(7-9-4-5-9)14-10-3-2-6-13-11(10)12(15)16/h2-3,6,8-9,14H,4-5,7H2,1H3,(H,15,16). The topological polar surface area (TPSA) is 62.2 Å². The molecular weight excluding hydrogens is 204 g/mol. The maximum atomic E-state index is 10.9. The molecule has 0 bridgehead atoms. The van der Waals surface area contributed by atoms with Gasteiger partial charge in [-0.3, -0.25) is 0 Å². The summed E-state index contributed by atoms with van der Waals surface area (Å²) in [5.41, 5.74) is 0.716. The lowest BCUT2D eigenvalue weighted by Gasteiger charge is -2.15. The highest BCUT2D eigenvalue weighted by molar-refractivity contribution is 5.91. The number of carboxylic acid groups (broad SMARTS) is 1. The highest BCUT2D eigenvalue weighted by Gasteiger charge is 2.24. The molecule has 0 radical (unpaired) electrons. The highest BCUT2D eigenvalue weighted by atomic mass is 16.4. The molecule has 16 heavy (non-hydrogen) atoms. The van der Waals surface area contributed by atoms with Crippen molar-refractivity contribution in [1.29, 1.82) is 0 Å². The molecule has 1 aliphatic carbocycles. The molecule has 1 fully saturated rings. The van der Waals surface area contributed by atoms with E-state index in [0.717, 1.165) is 12.3 Å². The second-order valence-electron chi connectivity index (χ2n) is 4.43. The third kappa shape index (κ3) is 2.72. The van der Waals surface area contributed by atoms with Gasteiger partial charge in [-0.05, 0) is 31.4 Å². The molecule has 1 atom stereocenters. The molecule has 0 amide bonds. The Morgan fingerprint density at radius 1 is 1.69 bits per heavy atom. The van der Waals surface area contributed by atoms with Gasteiger partial charge in [-0.15, -0.1) is 0 Å². The lowest BCUT2D eigenvalue weighted by atomic mass is 10.1. The molecular formula is C12H16N2O2. The second kappa shape index (κ2) is 4.51. The van der Waals surface area contributed by atoms with Crippen LogP contribution in [0.2, 0.25) is 0 Å². The maximum absolute atomic E-state index is 10.9. The summed E-state index contributed by atoms with van der Waals surface area (Å²) >= 11 is 0. The van der Waals surface area contributed by atoms with Crippen LogP contribution in [0.15, 0.2) is 18.3 Å². The monoisotopic (exact) mass is 220 g/mol. The van der Waals surface area contributed by atoms with Crippen LogP contribution in [0.25, 0.3) is 0 Å². The van der Waals surface area contributed by atoms with Gasteiger partial charge in [-0.25, -0.2) is 9.78 Å². The van der Waals surface area contributed by atoms with E-state index >= 15 is 0 Å². The van der Waals surface area contributed by atoms with Crippen LogP contribution in [0.3, 0.4) is 0 Å². The number of carboxylic acids is 1. The van der Waals surface area contributed by atoms with Gasteiger partial charge in [-0.2, -0.15) is 0 Å². The largest absolute Gasteiger partial charge is 0.476 e. The molecule has 1 aromatic rings. The molecule has 0 saturated heterocycles. The van der Waals surface area contributed by atoms with Crippen molar-refractivity contribution in [3.63, 3.8) is 0 Å². The molecule has 0 spiro atoms. The Kier molecular flexibility index (Phi) is 3.08. The summed E-state index contributed by atoms with van der Waals surface area (Å²) < 4.78 is 0. The summed E-state index contributed by atoms with van der Waals surface area (Å²) in [4.78, 5) is 14.8. The predicted octanol–water partition coefficient (Wildman–Crippen LogP) is 2.38. The molecule has 1 aromatic heterocycles. The summed E-state index contributed by atoms with van der Waals surface area (Å²) in [7, 11) is 0. The number of anilines is 1. The van der Waals surface area contributed by atoms with Gasteiger partial charge in [0.2, 0.25) is 0 Å². The number of rotatable bonds is 5. The Labute approximate surface area is 94.7 Å². The van der Waals surface area contributed by atoms with E-state index < -0.39 is 5.97 Å². The zero-order chi connectivity index (χ0) is 11.5. The van der Waals surface area contributed by atoms with Gasteiger partial charge >= 0.3 is 5.97 Å². The van der Waals surface area contributed by atoms with Gasteiger partial charge in [0.25, 0.3) is 0 Å². The molecule has 4 heteroatoms. The van der Waals surface area contributed by atoms with Crippen molar-refractivity contribution >= 4 is 11.7 Å². The molecule has 0 aromatic carbocycles. The third-order valence-electron chi connectivity index (χ3n) is 2.80. The minimum atomic E-state index is -0.985. The smallest absolute Gasteiger partial charge is 0.356 e. The van der Waals surface area contributed by atoms with E-state index in [0.29, 0.717) is 11.7 Å². The molecule has 1 saturated carbocycles. The number of aromatic carboxylic acids is 1. The van der Waals surface area contributed by atoms with Crippen LogP contribution in [-0.2, 0) is 0 Å². The van der Waals surface area contributed by atoms with Crippen molar-refractivity contribution in [2.45, 2.75) is 32.2 Å². The minimum absolute atomic E-state index is 0.102. The van der Waals surface area contributed by atoms with E-state index in [1.807, 2.05) is 0 Å². The molecule has 1 unspecified atom stereocenters. The Hall–Kier alpha value is -1.58. The summed E-state index contributed by atoms with van der Waals surface area (Å²) in [6.45, 7) is 2.08. The average molecular weight is 220 g/mol. The van der Waals surface area contributed by atoms with Crippen LogP contribution in [0, 0.1) is 5.92 Å². The lowest BCUT2D eigenvalue weighted by Crippen LogP contribution is -2.18. The molecule has 1 aliphatic rings. The molecule has 0 aliphatic heterocycles. The van der Waals surface area contributed by atoms with Crippen molar-refractivity contribution in [2.24, 2.45) is 5.92 Å². The fourth-order valence-corrected chi connectivity index (χ4v) is 1.87. The van der Waals surface area contributed by atoms with Crippen molar-refractivity contribution in [1.82, 2.24) is 4.98 Å². The van der Waals surface area contributed by atoms with E-state index in [1.165, 1.54) is 19.0 Å². The third-order valence-corrected chi connectivity index (χ3v) is 2.80. The lowest BCUT2D eigenvalue weighted by molar-refractivity contribution is 0.0691. The van der Waals surface area contributed by atoms with E-state index in [1.54, 1.807) is 12.1 Å². The first-order valence-corrected chi connectivity index (χ1v) is 5.61. The van der Waals surface area contributed by atoms with Gasteiger partial charge in [0, 0.05) is 12.2 Å². The quantitative estimate of drug-likeness (QED) is 0.799. The van der Waals surface area contributed by atoms with E-state index in [-0.39, 0.29) is 5.69 Å². The fourth-order valence-electron chi connectivity index (χ4n) is 1.87. The number of aromatic nitrogens is 1. The summed E-state index contributed by atoms with van der Waals surface area (Å²) in [6.07, 6.45) is 5.23. The van der Waals surface area contributed by atoms with Gasteiger partial charge < -0.3 is 10.4 Å². The van der Waals surface area contributed by atoms with Crippen LogP contribution < -0.4 is 5.32 Å². The van der Waals surface area contributed by atoms with E-state index in [9.17, 15) is 4.79 Å². The molecule has 4 nitrogen and oxygen atoms in total. The Bertz CT molecular complexity index is 388. The molecule has 2 N–H and O–H groups in total. The highest BCUT2D eigenvalue weighted by Crippen LogP contribution is 2.34. The zero-order valence-corrected chi connectivity index (χ0v) is 9.31. The number of nitrogens with one attached hydrogen (secondary N) is 1. The Balaban J connectivity index is 2.04. The van der Waals surface area contributed by atoms with Gasteiger partial charge in [0.1, 0.15) is 0 Å². The van der Waals surface area contributed by atoms with Crippen LogP contribution in [0.5, 0.6) is 0 Å². The van der Waals surface area contributed by atoms with E-state index in [2.05, 4.69) is 17.2 Å². The van der Waals surface area contributed by atoms with Crippen LogP contribution in [0.4, 0.5) is 5.69 Å². The van der Waals surface area contributed by atoms with Gasteiger partial charge in [0.05, 0.1) is 5.69 Å². The molecule has 2 rings (SSSR count). The molecule has 1 heterocycles. The Morgan fingerprint density at radius 3 is 3.06 bits per heavy atom. The predicted molar refractivity (Wildman–Crippen MR) is 61.6 cm³/mol. The maximum Gasteiger partial charge on any atom is 0.356 e. The molecule has 86 valence electrons. The van der Waals surface area contributed by atoms with Crippen molar-refractivity contribution in [2.75, 3.05) is 5.32 Å². The minimum Gasteiger partial charge on any atom is -0.476 e. The SMILES string of the molecule is CC(CC1CC1)Nc1cccnc1C(=O)O. The van der Waals surface area contributed by atoms with Crippen LogP contribution >= 0.6 is 0 Å². The first kappa shape index (κ1) is 10.9. The second-order valence-corrected chi connectivity index (χ2v) is 4.43. The van der Waals surface area contributed by atoms with Crippen molar-refractivity contribution in [3.05, 3.63) is 24.0 Å². The number of carbonyl (C=O) groups is 1. The number of hydrogen-bond donors (Lipinski definition) is 2. The van der Waals surface area contributed by atoms with Gasteiger partial charge in [-0.1, -0.05) is 12.8 Å². The first-order valence-electron chi connectivity index (χ1n) is 5.61.